The minimum Gasteiger partial charge on any atom is -0.481 e. The predicted molar refractivity (Wildman–Crippen MR) is 127 cm³/mol. The van der Waals surface area contributed by atoms with Crippen LogP contribution in [0, 0.1) is 12.7 Å². The van der Waals surface area contributed by atoms with Crippen LogP contribution < -0.4 is 4.18 Å². The Morgan fingerprint density at radius 1 is 1.30 bits per heavy atom. The second kappa shape index (κ2) is 10.2. The molecule has 1 heterocycles. The van der Waals surface area contributed by atoms with Crippen LogP contribution in [0.5, 0.6) is 5.75 Å². The van der Waals surface area contributed by atoms with Crippen LogP contribution >= 0.6 is 35.6 Å². The van der Waals surface area contributed by atoms with E-state index in [1.54, 1.807) is 19.1 Å². The summed E-state index contributed by atoms with van der Waals surface area (Å²) in [5.41, 5.74) is 0.779. The van der Waals surface area contributed by atoms with Crippen molar-refractivity contribution in [3.8, 4) is 5.75 Å². The van der Waals surface area contributed by atoms with Crippen molar-refractivity contribution in [1.82, 2.24) is 4.90 Å². The third kappa shape index (κ3) is 6.11. The molecule has 12 heteroatoms. The molecule has 1 fully saturated rings. The van der Waals surface area contributed by atoms with E-state index in [1.165, 1.54) is 23.1 Å². The maximum atomic E-state index is 14.1. The third-order valence-electron chi connectivity index (χ3n) is 4.47. The van der Waals surface area contributed by atoms with Gasteiger partial charge < -0.3 is 9.29 Å². The SMILES string of the molecule is Cc1ccc(S(=O)(=O)Oc2c(Cl)cc(F)cc2C=C2SC(=S)N(CCCC(=O)O)C2=O)cc1. The first-order valence-electron chi connectivity index (χ1n) is 9.45. The van der Waals surface area contributed by atoms with Crippen LogP contribution in [0.25, 0.3) is 6.08 Å². The summed E-state index contributed by atoms with van der Waals surface area (Å²) in [4.78, 5) is 24.7. The van der Waals surface area contributed by atoms with Crippen molar-refractivity contribution < 1.29 is 31.7 Å². The summed E-state index contributed by atoms with van der Waals surface area (Å²) in [5, 5.41) is 8.48. The number of carbonyl (C=O) groups excluding carboxylic acids is 1. The van der Waals surface area contributed by atoms with Gasteiger partial charge in [-0.15, -0.1) is 0 Å². The van der Waals surface area contributed by atoms with Gasteiger partial charge in [-0.3, -0.25) is 14.5 Å². The van der Waals surface area contributed by atoms with Crippen LogP contribution in [0.4, 0.5) is 4.39 Å². The van der Waals surface area contributed by atoms with Gasteiger partial charge in [-0.1, -0.05) is 53.3 Å². The van der Waals surface area contributed by atoms with Gasteiger partial charge in [-0.25, -0.2) is 4.39 Å². The van der Waals surface area contributed by atoms with Gasteiger partial charge in [-0.2, -0.15) is 8.42 Å². The van der Waals surface area contributed by atoms with Crippen molar-refractivity contribution in [1.29, 1.82) is 0 Å². The topological polar surface area (TPSA) is 101 Å². The van der Waals surface area contributed by atoms with Crippen LogP contribution in [-0.4, -0.2) is 41.2 Å². The number of thioether (sulfide) groups is 1. The molecule has 2 aromatic carbocycles. The van der Waals surface area contributed by atoms with Gasteiger partial charge in [0.15, 0.2) is 5.75 Å². The Bertz CT molecular complexity index is 1260. The second-order valence-electron chi connectivity index (χ2n) is 6.99. The number of halogens is 2. The van der Waals surface area contributed by atoms with Crippen molar-refractivity contribution in [2.45, 2.75) is 24.7 Å². The fraction of sp³-hybridized carbons (Fsp3) is 0.190. The number of carboxylic acids is 1. The summed E-state index contributed by atoms with van der Waals surface area (Å²) >= 11 is 12.2. The minimum atomic E-state index is -4.30. The largest absolute Gasteiger partial charge is 0.481 e. The summed E-state index contributed by atoms with van der Waals surface area (Å²) in [6.45, 7) is 1.90. The molecule has 1 amide bonds. The minimum absolute atomic E-state index is 0.0678. The molecule has 0 aromatic heterocycles. The number of rotatable bonds is 8. The zero-order valence-corrected chi connectivity index (χ0v) is 20.3. The van der Waals surface area contributed by atoms with E-state index in [0.29, 0.717) is 0 Å². The average Bonchev–Trinajstić information content (AvgIpc) is 2.98. The maximum Gasteiger partial charge on any atom is 0.339 e. The number of hydrogen-bond acceptors (Lipinski definition) is 7. The Morgan fingerprint density at radius 3 is 2.61 bits per heavy atom. The highest BCUT2D eigenvalue weighted by Gasteiger charge is 2.32. The normalized spacial score (nSPS) is 15.4. The summed E-state index contributed by atoms with van der Waals surface area (Å²) < 4.78 is 45.0. The lowest BCUT2D eigenvalue weighted by atomic mass is 10.1. The molecule has 2 aromatic rings. The van der Waals surface area contributed by atoms with Gasteiger partial charge in [-0.05, 0) is 43.7 Å². The first kappa shape index (κ1) is 25.2. The van der Waals surface area contributed by atoms with E-state index in [-0.39, 0.29) is 49.8 Å². The zero-order chi connectivity index (χ0) is 24.3. The number of nitrogens with zero attached hydrogens (tertiary/aromatic N) is 1. The van der Waals surface area contributed by atoms with Gasteiger partial charge in [0.2, 0.25) is 0 Å². The molecule has 0 radical (unpaired) electrons. The fourth-order valence-corrected chi connectivity index (χ4v) is 5.43. The Labute approximate surface area is 204 Å². The molecule has 3 rings (SSSR count). The summed E-state index contributed by atoms with van der Waals surface area (Å²) in [6.07, 6.45) is 1.31. The van der Waals surface area contributed by atoms with E-state index in [2.05, 4.69) is 0 Å². The molecule has 0 unspecified atom stereocenters. The quantitative estimate of drug-likeness (QED) is 0.300. The average molecular weight is 530 g/mol. The lowest BCUT2D eigenvalue weighted by Crippen LogP contribution is -2.29. The molecule has 1 saturated heterocycles. The molecule has 0 saturated carbocycles. The molecule has 1 aliphatic rings. The Hall–Kier alpha value is -2.47. The van der Waals surface area contributed by atoms with Gasteiger partial charge in [0.25, 0.3) is 5.91 Å². The fourth-order valence-electron chi connectivity index (χ4n) is 2.86. The number of carbonyl (C=O) groups is 2. The van der Waals surface area contributed by atoms with Crippen LogP contribution in [-0.2, 0) is 19.7 Å². The summed E-state index contributed by atoms with van der Waals surface area (Å²) in [7, 11) is -4.30. The number of thiocarbonyl (C=S) groups is 1. The van der Waals surface area contributed by atoms with Crippen molar-refractivity contribution in [3.63, 3.8) is 0 Å². The molecule has 0 bridgehead atoms. The lowest BCUT2D eigenvalue weighted by Gasteiger charge is -2.13. The Balaban J connectivity index is 1.93. The van der Waals surface area contributed by atoms with E-state index in [9.17, 15) is 22.4 Å². The van der Waals surface area contributed by atoms with Crippen molar-refractivity contribution in [2.75, 3.05) is 6.54 Å². The van der Waals surface area contributed by atoms with Crippen molar-refractivity contribution in [2.24, 2.45) is 0 Å². The highest BCUT2D eigenvalue weighted by molar-refractivity contribution is 8.26. The van der Waals surface area contributed by atoms with E-state index >= 15 is 0 Å². The summed E-state index contributed by atoms with van der Waals surface area (Å²) in [6, 6.07) is 7.81. The van der Waals surface area contributed by atoms with Crippen LogP contribution in [0.15, 0.2) is 46.2 Å². The first-order chi connectivity index (χ1) is 15.5. The number of hydrogen-bond donors (Lipinski definition) is 1. The highest BCUT2D eigenvalue weighted by atomic mass is 35.5. The molecule has 0 aliphatic carbocycles. The van der Waals surface area contributed by atoms with E-state index < -0.39 is 27.8 Å². The standard InChI is InChI=1S/C21H17ClFNO6S3/c1-12-4-6-15(7-5-12)33(28,29)30-19-13(9-14(23)11-16(19)22)10-17-20(27)24(21(31)32-17)8-2-3-18(25)26/h4-7,9-11H,2-3,8H2,1H3,(H,25,26). The van der Waals surface area contributed by atoms with Crippen LogP contribution in [0.2, 0.25) is 5.02 Å². The Kier molecular flexibility index (Phi) is 7.78. The number of carboxylic acid groups (broad SMARTS) is 1. The predicted octanol–water partition coefficient (Wildman–Crippen LogP) is 4.62. The van der Waals surface area contributed by atoms with Crippen LogP contribution in [0.1, 0.15) is 24.0 Å². The van der Waals surface area contributed by atoms with E-state index in [1.807, 2.05) is 0 Å². The number of aliphatic carboxylic acids is 1. The monoisotopic (exact) mass is 529 g/mol. The molecule has 1 N–H and O–H groups in total. The Morgan fingerprint density at radius 2 is 1.97 bits per heavy atom. The van der Waals surface area contributed by atoms with Crippen molar-refractivity contribution >= 4 is 68.0 Å². The molecule has 7 nitrogen and oxygen atoms in total. The van der Waals surface area contributed by atoms with Gasteiger partial charge in [0, 0.05) is 18.5 Å². The number of amides is 1. The van der Waals surface area contributed by atoms with Gasteiger partial charge in [0.1, 0.15) is 15.0 Å². The van der Waals surface area contributed by atoms with E-state index in [4.69, 9.17) is 33.1 Å². The van der Waals surface area contributed by atoms with Gasteiger partial charge >= 0.3 is 16.1 Å². The van der Waals surface area contributed by atoms with E-state index in [0.717, 1.165) is 29.5 Å². The molecule has 1 aliphatic heterocycles. The summed E-state index contributed by atoms with van der Waals surface area (Å²) in [5.74, 6) is -2.61. The molecular formula is C21H17ClFNO6S3. The molecule has 33 heavy (non-hydrogen) atoms. The second-order valence-corrected chi connectivity index (χ2v) is 10.6. The maximum absolute atomic E-state index is 14.1. The lowest BCUT2D eigenvalue weighted by molar-refractivity contribution is -0.137. The molecule has 0 spiro atoms. The number of benzene rings is 2. The van der Waals surface area contributed by atoms with Crippen LogP contribution in [0.3, 0.4) is 0 Å². The number of aryl methyl sites for hydroxylation is 1. The molecule has 174 valence electrons. The van der Waals surface area contributed by atoms with Gasteiger partial charge in [0.05, 0.1) is 9.93 Å². The smallest absolute Gasteiger partial charge is 0.339 e. The zero-order valence-electron chi connectivity index (χ0n) is 17.1. The molecular weight excluding hydrogens is 513 g/mol. The third-order valence-corrected chi connectivity index (χ3v) is 7.37. The molecule has 0 atom stereocenters. The van der Waals surface area contributed by atoms with Crippen molar-refractivity contribution in [3.05, 3.63) is 63.3 Å². The highest BCUT2D eigenvalue weighted by Crippen LogP contribution is 2.38. The first-order valence-corrected chi connectivity index (χ1v) is 12.5.